The van der Waals surface area contributed by atoms with Gasteiger partial charge < -0.3 is 15.1 Å². The van der Waals surface area contributed by atoms with E-state index < -0.39 is 5.91 Å². The molecule has 1 N–H and O–H groups in total. The van der Waals surface area contributed by atoms with Crippen LogP contribution in [0.5, 0.6) is 0 Å². The number of imide groups is 1. The van der Waals surface area contributed by atoms with Gasteiger partial charge in [-0.05, 0) is 41.0 Å². The topological polar surface area (TPSA) is 121 Å². The molecule has 0 unspecified atom stereocenters. The molecule has 4 aromatic rings. The number of anilines is 2. The van der Waals surface area contributed by atoms with Gasteiger partial charge in [-0.15, -0.1) is 0 Å². The Labute approximate surface area is 229 Å². The number of fused-ring (bicyclic) bond motifs is 3. The largest absolute Gasteiger partial charge is 0.355 e. The summed E-state index contributed by atoms with van der Waals surface area (Å²) in [6.45, 7) is 1.32. The predicted molar refractivity (Wildman–Crippen MR) is 149 cm³/mol. The third-order valence-electron chi connectivity index (χ3n) is 7.46. The highest BCUT2D eigenvalue weighted by Crippen LogP contribution is 2.34. The van der Waals surface area contributed by atoms with Crippen molar-refractivity contribution >= 4 is 40.0 Å². The van der Waals surface area contributed by atoms with E-state index in [1.807, 2.05) is 26.2 Å². The molecule has 40 heavy (non-hydrogen) atoms. The zero-order chi connectivity index (χ0) is 28.1. The molecular formula is C29H27N7O4. The summed E-state index contributed by atoms with van der Waals surface area (Å²) in [5, 5.41) is 3.16. The van der Waals surface area contributed by atoms with Crippen molar-refractivity contribution in [3.8, 4) is 0 Å². The number of nitrogens with one attached hydrogen (secondary N) is 1. The van der Waals surface area contributed by atoms with Gasteiger partial charge in [-0.1, -0.05) is 18.2 Å². The van der Waals surface area contributed by atoms with E-state index in [-0.39, 0.29) is 41.4 Å². The molecule has 2 aliphatic heterocycles. The molecule has 2 aliphatic rings. The Hall–Kier alpha value is -5.06. The molecule has 0 bridgehead atoms. The lowest BCUT2D eigenvalue weighted by molar-refractivity contribution is -0.127. The lowest BCUT2D eigenvalue weighted by atomic mass is 9.96. The van der Waals surface area contributed by atoms with E-state index in [4.69, 9.17) is 0 Å². The Morgan fingerprint density at radius 1 is 0.925 bits per heavy atom. The fourth-order valence-electron chi connectivity index (χ4n) is 5.22. The third kappa shape index (κ3) is 4.35. The first-order chi connectivity index (χ1) is 19.2. The van der Waals surface area contributed by atoms with E-state index in [0.717, 1.165) is 34.1 Å². The molecule has 0 atom stereocenters. The van der Waals surface area contributed by atoms with Crippen LogP contribution in [-0.2, 0) is 24.3 Å². The highest BCUT2D eigenvalue weighted by atomic mass is 16.2. The third-order valence-corrected chi connectivity index (χ3v) is 7.46. The highest BCUT2D eigenvalue weighted by molar-refractivity contribution is 6.09. The Morgan fingerprint density at radius 3 is 2.52 bits per heavy atom. The van der Waals surface area contributed by atoms with Gasteiger partial charge >= 0.3 is 0 Å². The van der Waals surface area contributed by atoms with E-state index in [0.29, 0.717) is 23.2 Å². The van der Waals surface area contributed by atoms with Crippen molar-refractivity contribution in [3.05, 3.63) is 93.3 Å². The normalized spacial score (nSPS) is 14.5. The van der Waals surface area contributed by atoms with Gasteiger partial charge in [-0.25, -0.2) is 9.97 Å². The van der Waals surface area contributed by atoms with Crippen molar-refractivity contribution in [2.75, 3.05) is 37.6 Å². The summed E-state index contributed by atoms with van der Waals surface area (Å²) < 4.78 is 1.43. The summed E-state index contributed by atoms with van der Waals surface area (Å²) >= 11 is 0. The first-order valence-electron chi connectivity index (χ1n) is 12.8. The number of rotatable bonds is 5. The van der Waals surface area contributed by atoms with E-state index >= 15 is 0 Å². The van der Waals surface area contributed by atoms with Crippen LogP contribution in [0.2, 0.25) is 0 Å². The lowest BCUT2D eigenvalue weighted by Gasteiger charge is -2.23. The first kappa shape index (κ1) is 25.2. The predicted octanol–water partition coefficient (Wildman–Crippen LogP) is 1.77. The van der Waals surface area contributed by atoms with Crippen LogP contribution in [0.1, 0.15) is 37.5 Å². The zero-order valence-corrected chi connectivity index (χ0v) is 22.3. The summed E-state index contributed by atoms with van der Waals surface area (Å²) in [6, 6.07) is 12.8. The van der Waals surface area contributed by atoms with Crippen molar-refractivity contribution in [2.24, 2.45) is 0 Å². The number of carbonyl (C=O) groups excluding carboxylic acids is 3. The number of hydrogen-bond acceptors (Lipinski definition) is 8. The van der Waals surface area contributed by atoms with Gasteiger partial charge in [0.25, 0.3) is 17.4 Å². The molecule has 0 saturated heterocycles. The molecule has 11 nitrogen and oxygen atoms in total. The van der Waals surface area contributed by atoms with Crippen LogP contribution in [0.25, 0.3) is 10.9 Å². The number of benzene rings is 2. The summed E-state index contributed by atoms with van der Waals surface area (Å²) in [6.07, 6.45) is 2.97. The molecule has 6 rings (SSSR count). The molecule has 11 heteroatoms. The smallest absolute Gasteiger partial charge is 0.270 e. The molecule has 0 fully saturated rings. The van der Waals surface area contributed by atoms with Gasteiger partial charge in [-0.3, -0.25) is 28.6 Å². The van der Waals surface area contributed by atoms with Crippen molar-refractivity contribution in [2.45, 2.75) is 19.5 Å². The number of amides is 3. The quantitative estimate of drug-likeness (QED) is 0.383. The SMILES string of the molecule is CN1C(=O)Cc2cc(Cn3cnc4cnc(C(=O)NCc5ccc6c(c5)N(C)CN6C)cc4c3=O)ccc2C1=O. The summed E-state index contributed by atoms with van der Waals surface area (Å²) in [5.41, 5.74) is 5.26. The number of pyridine rings is 1. The minimum atomic E-state index is -0.392. The second-order valence-electron chi connectivity index (χ2n) is 10.2. The second kappa shape index (κ2) is 9.60. The van der Waals surface area contributed by atoms with Crippen LogP contribution < -0.4 is 20.7 Å². The lowest BCUT2D eigenvalue weighted by Crippen LogP contribution is -2.39. The molecule has 2 aromatic carbocycles. The van der Waals surface area contributed by atoms with Gasteiger partial charge in [0, 0.05) is 33.3 Å². The second-order valence-corrected chi connectivity index (χ2v) is 10.2. The molecular weight excluding hydrogens is 510 g/mol. The van der Waals surface area contributed by atoms with Gasteiger partial charge in [-0.2, -0.15) is 0 Å². The highest BCUT2D eigenvalue weighted by Gasteiger charge is 2.28. The average Bonchev–Trinajstić information content (AvgIpc) is 3.24. The summed E-state index contributed by atoms with van der Waals surface area (Å²) in [5.74, 6) is -0.998. The average molecular weight is 538 g/mol. The Bertz CT molecular complexity index is 1780. The van der Waals surface area contributed by atoms with Gasteiger partial charge in [0.1, 0.15) is 5.69 Å². The Morgan fingerprint density at radius 2 is 1.70 bits per heavy atom. The Balaban J connectivity index is 1.21. The summed E-state index contributed by atoms with van der Waals surface area (Å²) in [4.78, 5) is 64.7. The van der Waals surface area contributed by atoms with Crippen molar-refractivity contribution in [1.29, 1.82) is 0 Å². The van der Waals surface area contributed by atoms with Crippen molar-refractivity contribution in [3.63, 3.8) is 0 Å². The van der Waals surface area contributed by atoms with Gasteiger partial charge in [0.05, 0.1) is 54.4 Å². The molecule has 202 valence electrons. The molecule has 3 amide bonds. The van der Waals surface area contributed by atoms with Crippen LogP contribution in [0.15, 0.2) is 59.8 Å². The Kier molecular flexibility index (Phi) is 6.05. The van der Waals surface area contributed by atoms with Crippen LogP contribution in [0.4, 0.5) is 11.4 Å². The van der Waals surface area contributed by atoms with Crippen LogP contribution in [0, 0.1) is 0 Å². The molecule has 4 heterocycles. The van der Waals surface area contributed by atoms with Gasteiger partial charge in [0.2, 0.25) is 5.91 Å². The van der Waals surface area contributed by atoms with Gasteiger partial charge in [0.15, 0.2) is 0 Å². The molecule has 0 aliphatic carbocycles. The maximum absolute atomic E-state index is 13.3. The van der Waals surface area contributed by atoms with E-state index in [1.165, 1.54) is 30.2 Å². The van der Waals surface area contributed by atoms with E-state index in [9.17, 15) is 19.2 Å². The molecule has 2 aromatic heterocycles. The zero-order valence-electron chi connectivity index (χ0n) is 22.3. The standard InChI is InChI=1S/C29H27N7O4/c1-33-16-34(2)25-9-17(5-7-24(25)33)12-31-27(38)22-11-21-23(13-30-22)32-15-36(29(21)40)14-18-4-6-20-19(8-18)10-26(37)35(3)28(20)39/h4-9,11,13,15H,10,12,14,16H2,1-3H3,(H,31,38). The van der Waals surface area contributed by atoms with Crippen LogP contribution >= 0.6 is 0 Å². The number of hydrogen-bond donors (Lipinski definition) is 1. The van der Waals surface area contributed by atoms with Crippen molar-refractivity contribution < 1.29 is 14.4 Å². The number of carbonyl (C=O) groups is 3. The first-order valence-corrected chi connectivity index (χ1v) is 12.8. The molecule has 0 radical (unpaired) electrons. The van der Waals surface area contributed by atoms with E-state index in [1.54, 1.807) is 18.2 Å². The van der Waals surface area contributed by atoms with Crippen molar-refractivity contribution in [1.82, 2.24) is 24.8 Å². The number of aromatic nitrogens is 3. The monoisotopic (exact) mass is 537 g/mol. The maximum atomic E-state index is 13.3. The van der Waals surface area contributed by atoms with Crippen LogP contribution in [0.3, 0.4) is 0 Å². The molecule has 0 spiro atoms. The summed E-state index contributed by atoms with van der Waals surface area (Å²) in [7, 11) is 5.53. The number of likely N-dealkylation sites (N-methyl/N-ethyl adjacent to an activating group) is 1. The fraction of sp³-hybridized carbons (Fsp3) is 0.241. The molecule has 0 saturated carbocycles. The maximum Gasteiger partial charge on any atom is 0.270 e. The minimum absolute atomic E-state index is 0.122. The minimum Gasteiger partial charge on any atom is -0.355 e. The van der Waals surface area contributed by atoms with E-state index in [2.05, 4.69) is 31.2 Å². The van der Waals surface area contributed by atoms with Crippen LogP contribution in [-0.4, -0.2) is 65.0 Å². The number of nitrogens with zero attached hydrogens (tertiary/aromatic N) is 6. The fourth-order valence-corrected chi connectivity index (χ4v) is 5.22.